The van der Waals surface area contributed by atoms with Crippen molar-refractivity contribution in [2.45, 2.75) is 6.18 Å². The summed E-state index contributed by atoms with van der Waals surface area (Å²) in [5.74, 6) is 0.348. The molecule has 3 nitrogen and oxygen atoms in total. The molecule has 84 valence electrons. The lowest BCUT2D eigenvalue weighted by molar-refractivity contribution is -0.186. The Labute approximate surface area is 92.3 Å². The van der Waals surface area contributed by atoms with Crippen LogP contribution in [0.5, 0.6) is 5.75 Å². The Bertz CT molecular complexity index is 302. The maximum Gasteiger partial charge on any atom is 0.411 e. The van der Waals surface area contributed by atoms with Crippen molar-refractivity contribution in [1.29, 1.82) is 0 Å². The quantitative estimate of drug-likeness (QED) is 0.484. The van der Waals surface area contributed by atoms with Crippen LogP contribution in [0.3, 0.4) is 0 Å². The number of pyridine rings is 1. The molecule has 0 spiro atoms. The summed E-state index contributed by atoms with van der Waals surface area (Å²) in [6.45, 7) is -1.78. The summed E-state index contributed by atoms with van der Waals surface area (Å²) in [6.07, 6.45) is -2.96. The third-order valence-corrected chi connectivity index (χ3v) is 1.74. The van der Waals surface area contributed by atoms with Crippen LogP contribution in [0, 0.1) is 0 Å². The summed E-state index contributed by atoms with van der Waals surface area (Å²) >= 11 is 3.11. The molecule has 0 N–H and O–H groups in total. The predicted molar refractivity (Wildman–Crippen MR) is 49.4 cm³/mol. The van der Waals surface area contributed by atoms with Crippen molar-refractivity contribution in [3.63, 3.8) is 0 Å². The van der Waals surface area contributed by atoms with Gasteiger partial charge in [-0.15, -0.1) is 0 Å². The Morgan fingerprint density at radius 3 is 2.60 bits per heavy atom. The van der Waals surface area contributed by atoms with E-state index in [4.69, 9.17) is 4.74 Å². The molecule has 0 radical (unpaired) electrons. The smallest absolute Gasteiger partial charge is 0.411 e. The van der Waals surface area contributed by atoms with Crippen molar-refractivity contribution in [3.05, 3.63) is 22.9 Å². The molecule has 1 aromatic rings. The molecule has 0 unspecified atom stereocenters. The van der Waals surface area contributed by atoms with Gasteiger partial charge in [0.25, 0.3) is 0 Å². The molecular formula is C8H7BrF3NO2. The molecule has 1 rings (SSSR count). The van der Waals surface area contributed by atoms with Crippen molar-refractivity contribution in [3.8, 4) is 5.75 Å². The van der Waals surface area contributed by atoms with Gasteiger partial charge in [-0.05, 0) is 28.1 Å². The average molecular weight is 286 g/mol. The second-order valence-electron chi connectivity index (χ2n) is 2.54. The number of nitrogens with zero attached hydrogens (tertiary/aromatic N) is 1. The highest BCUT2D eigenvalue weighted by atomic mass is 79.9. The zero-order chi connectivity index (χ0) is 11.3. The number of hydrogen-bond donors (Lipinski definition) is 0. The lowest BCUT2D eigenvalue weighted by atomic mass is 10.5. The minimum absolute atomic E-state index is 0.348. The zero-order valence-corrected chi connectivity index (χ0v) is 9.01. The molecule has 0 bridgehead atoms. The second-order valence-corrected chi connectivity index (χ2v) is 3.35. The Balaban J connectivity index is 2.23. The van der Waals surface area contributed by atoms with E-state index in [0.717, 1.165) is 0 Å². The van der Waals surface area contributed by atoms with E-state index >= 15 is 0 Å². The predicted octanol–water partition coefficient (Wildman–Crippen LogP) is 2.76. The van der Waals surface area contributed by atoms with Gasteiger partial charge >= 0.3 is 6.18 Å². The number of halogens is 4. The van der Waals surface area contributed by atoms with E-state index in [1.165, 1.54) is 6.20 Å². The van der Waals surface area contributed by atoms with Crippen LogP contribution in [0.4, 0.5) is 13.2 Å². The molecule has 0 saturated heterocycles. The van der Waals surface area contributed by atoms with Crippen LogP contribution in [0.25, 0.3) is 0 Å². The normalized spacial score (nSPS) is 11.5. The van der Waals surface area contributed by atoms with Crippen LogP contribution in [-0.4, -0.2) is 24.6 Å². The van der Waals surface area contributed by atoms with Crippen molar-refractivity contribution in [1.82, 2.24) is 4.98 Å². The second kappa shape index (κ2) is 5.32. The first kappa shape index (κ1) is 12.3. The molecule has 0 atom stereocenters. The number of rotatable bonds is 4. The summed E-state index contributed by atoms with van der Waals surface area (Å²) in [4.78, 5) is 3.82. The highest BCUT2D eigenvalue weighted by Gasteiger charge is 2.27. The molecular weight excluding hydrogens is 279 g/mol. The minimum Gasteiger partial charge on any atom is -0.466 e. The number of alkyl halides is 3. The topological polar surface area (TPSA) is 31.4 Å². The summed E-state index contributed by atoms with van der Waals surface area (Å²) in [5, 5.41) is 0. The van der Waals surface area contributed by atoms with Crippen LogP contribution in [0.2, 0.25) is 0 Å². The van der Waals surface area contributed by atoms with Crippen molar-refractivity contribution >= 4 is 15.9 Å². The molecule has 0 aliphatic carbocycles. The molecule has 0 aliphatic heterocycles. The standard InChI is InChI=1S/C8H7BrF3NO2/c9-7-2-1-6(3-13-7)15-5-14-4-8(10,11)12/h1-3H,4-5H2. The lowest BCUT2D eigenvalue weighted by Gasteiger charge is -2.08. The van der Waals surface area contributed by atoms with E-state index in [0.29, 0.717) is 10.4 Å². The Kier molecular flexibility index (Phi) is 4.34. The first-order chi connectivity index (χ1) is 6.97. The molecule has 7 heteroatoms. The fourth-order valence-electron chi connectivity index (χ4n) is 0.715. The third kappa shape index (κ3) is 5.58. The van der Waals surface area contributed by atoms with E-state index in [1.54, 1.807) is 12.1 Å². The van der Waals surface area contributed by atoms with Crippen LogP contribution in [0.1, 0.15) is 0 Å². The van der Waals surface area contributed by atoms with Gasteiger partial charge < -0.3 is 9.47 Å². The van der Waals surface area contributed by atoms with Crippen LogP contribution in [-0.2, 0) is 4.74 Å². The van der Waals surface area contributed by atoms with Gasteiger partial charge in [0.15, 0.2) is 6.79 Å². The van der Waals surface area contributed by atoms with Crippen molar-refractivity contribution < 1.29 is 22.6 Å². The van der Waals surface area contributed by atoms with Gasteiger partial charge in [0.05, 0.1) is 6.20 Å². The van der Waals surface area contributed by atoms with Gasteiger partial charge in [-0.3, -0.25) is 0 Å². The van der Waals surface area contributed by atoms with Crippen molar-refractivity contribution in [2.75, 3.05) is 13.4 Å². The fourth-order valence-corrected chi connectivity index (χ4v) is 0.949. The highest BCUT2D eigenvalue weighted by molar-refractivity contribution is 9.10. The molecule has 0 aliphatic rings. The summed E-state index contributed by atoms with van der Waals surface area (Å²) < 4.78 is 44.6. The summed E-state index contributed by atoms with van der Waals surface area (Å²) in [5.41, 5.74) is 0. The SMILES string of the molecule is FC(F)(F)COCOc1ccc(Br)nc1. The molecule has 15 heavy (non-hydrogen) atoms. The first-order valence-corrected chi connectivity index (χ1v) is 4.65. The van der Waals surface area contributed by atoms with Gasteiger partial charge in [0.2, 0.25) is 0 Å². The van der Waals surface area contributed by atoms with Gasteiger partial charge in [-0.1, -0.05) is 0 Å². The number of hydrogen-bond acceptors (Lipinski definition) is 3. The molecule has 0 saturated carbocycles. The Morgan fingerprint density at radius 1 is 1.33 bits per heavy atom. The van der Waals surface area contributed by atoms with Crippen molar-refractivity contribution in [2.24, 2.45) is 0 Å². The summed E-state index contributed by atoms with van der Waals surface area (Å²) in [6, 6.07) is 3.17. The van der Waals surface area contributed by atoms with Gasteiger partial charge in [-0.25, -0.2) is 4.98 Å². The molecule has 0 aromatic carbocycles. The van der Waals surface area contributed by atoms with Gasteiger partial charge in [0, 0.05) is 0 Å². The first-order valence-electron chi connectivity index (χ1n) is 3.86. The molecule has 0 fully saturated rings. The minimum atomic E-state index is -4.33. The molecule has 0 amide bonds. The maximum atomic E-state index is 11.6. The Hall–Kier alpha value is -0.820. The maximum absolute atomic E-state index is 11.6. The monoisotopic (exact) mass is 285 g/mol. The lowest BCUT2D eigenvalue weighted by Crippen LogP contribution is -2.19. The van der Waals surface area contributed by atoms with Crippen LogP contribution < -0.4 is 4.74 Å². The van der Waals surface area contributed by atoms with E-state index in [2.05, 4.69) is 25.7 Å². The van der Waals surface area contributed by atoms with Crippen LogP contribution >= 0.6 is 15.9 Å². The van der Waals surface area contributed by atoms with Crippen LogP contribution in [0.15, 0.2) is 22.9 Å². The highest BCUT2D eigenvalue weighted by Crippen LogP contribution is 2.15. The fraction of sp³-hybridized carbons (Fsp3) is 0.375. The Morgan fingerprint density at radius 2 is 2.07 bits per heavy atom. The summed E-state index contributed by atoms with van der Waals surface area (Å²) in [7, 11) is 0. The van der Waals surface area contributed by atoms with E-state index in [9.17, 15) is 13.2 Å². The number of ether oxygens (including phenoxy) is 2. The largest absolute Gasteiger partial charge is 0.466 e. The third-order valence-electron chi connectivity index (χ3n) is 1.27. The van der Waals surface area contributed by atoms with E-state index < -0.39 is 19.6 Å². The van der Waals surface area contributed by atoms with Gasteiger partial charge in [-0.2, -0.15) is 13.2 Å². The van der Waals surface area contributed by atoms with E-state index in [1.807, 2.05) is 0 Å². The van der Waals surface area contributed by atoms with Gasteiger partial charge in [0.1, 0.15) is 17.0 Å². The molecule has 1 heterocycles. The van der Waals surface area contributed by atoms with E-state index in [-0.39, 0.29) is 0 Å². The molecule has 1 aromatic heterocycles. The zero-order valence-electron chi connectivity index (χ0n) is 7.42. The average Bonchev–Trinajstić information content (AvgIpc) is 2.14. The number of aromatic nitrogens is 1.